The van der Waals surface area contributed by atoms with Crippen LogP contribution >= 0.6 is 0 Å². The molecule has 11 heavy (non-hydrogen) atoms. The number of rotatable bonds is 3. The molecule has 0 saturated heterocycles. The summed E-state index contributed by atoms with van der Waals surface area (Å²) < 4.78 is 0. The summed E-state index contributed by atoms with van der Waals surface area (Å²) in [4.78, 5) is 4.23. The van der Waals surface area contributed by atoms with E-state index in [1.54, 1.807) is 0 Å². The number of hydrogen-bond donors (Lipinski definition) is 0. The van der Waals surface area contributed by atoms with Crippen LogP contribution in [0.1, 0.15) is 40.5 Å². The van der Waals surface area contributed by atoms with Crippen molar-refractivity contribution in [3.05, 3.63) is 11.1 Å². The Hall–Kier alpha value is -0.590. The van der Waals surface area contributed by atoms with E-state index in [-0.39, 0.29) is 0 Å². The molecule has 0 heterocycles. The Balaban J connectivity index is 4.57. The molecule has 0 fully saturated rings. The van der Waals surface area contributed by atoms with Gasteiger partial charge in [0, 0.05) is 12.8 Å². The Kier molecular flexibility index (Phi) is 4.84. The van der Waals surface area contributed by atoms with E-state index in [2.05, 4.69) is 32.7 Å². The molecule has 0 aromatic heterocycles. The van der Waals surface area contributed by atoms with E-state index < -0.39 is 0 Å². The van der Waals surface area contributed by atoms with Gasteiger partial charge in [-0.15, -0.1) is 0 Å². The number of allylic oxidation sites excluding steroid dienone is 2. The van der Waals surface area contributed by atoms with Gasteiger partial charge in [0.2, 0.25) is 0 Å². The van der Waals surface area contributed by atoms with Crippen LogP contribution in [0.2, 0.25) is 0 Å². The summed E-state index contributed by atoms with van der Waals surface area (Å²) in [7, 11) is 1.87. The third-order valence-corrected chi connectivity index (χ3v) is 2.21. The van der Waals surface area contributed by atoms with Crippen molar-refractivity contribution in [2.24, 2.45) is 4.99 Å². The fourth-order valence-electron chi connectivity index (χ4n) is 1.10. The molecule has 0 amide bonds. The van der Waals surface area contributed by atoms with Gasteiger partial charge in [-0.1, -0.05) is 19.4 Å². The van der Waals surface area contributed by atoms with Gasteiger partial charge < -0.3 is 0 Å². The molecular formula is C10H19N. The monoisotopic (exact) mass is 153 g/mol. The van der Waals surface area contributed by atoms with E-state index in [1.807, 2.05) is 7.05 Å². The highest BCUT2D eigenvalue weighted by molar-refractivity contribution is 5.99. The molecule has 0 aromatic rings. The van der Waals surface area contributed by atoms with E-state index in [0.29, 0.717) is 0 Å². The number of aliphatic imine (C=N–C) groups is 1. The van der Waals surface area contributed by atoms with Crippen LogP contribution < -0.4 is 0 Å². The van der Waals surface area contributed by atoms with Crippen LogP contribution in [0.25, 0.3) is 0 Å². The van der Waals surface area contributed by atoms with Gasteiger partial charge in [-0.3, -0.25) is 4.99 Å². The van der Waals surface area contributed by atoms with Crippen LogP contribution in [0.4, 0.5) is 0 Å². The Morgan fingerprint density at radius 3 is 1.91 bits per heavy atom. The second kappa shape index (κ2) is 5.11. The quantitative estimate of drug-likeness (QED) is 0.552. The predicted octanol–water partition coefficient (Wildman–Crippen LogP) is 3.21. The first-order chi connectivity index (χ1) is 5.17. The minimum Gasteiger partial charge on any atom is -0.293 e. The molecule has 0 atom stereocenters. The molecule has 0 aliphatic carbocycles. The van der Waals surface area contributed by atoms with E-state index in [9.17, 15) is 0 Å². The maximum atomic E-state index is 4.23. The molecule has 0 bridgehead atoms. The van der Waals surface area contributed by atoms with Crippen molar-refractivity contribution in [1.82, 2.24) is 0 Å². The second-order valence-corrected chi connectivity index (χ2v) is 2.78. The molecule has 0 unspecified atom stereocenters. The average Bonchev–Trinajstić information content (AvgIpc) is 2.05. The van der Waals surface area contributed by atoms with Crippen LogP contribution in [-0.4, -0.2) is 12.8 Å². The molecule has 0 spiro atoms. The standard InChI is InChI=1S/C10H19N/c1-6-8(3)9(4)10(7-2)11-5/h6-7H2,1-5H3/b9-8+,11-10?. The first-order valence-corrected chi connectivity index (χ1v) is 4.29. The Morgan fingerprint density at radius 1 is 1.09 bits per heavy atom. The highest BCUT2D eigenvalue weighted by Crippen LogP contribution is 2.10. The normalized spacial score (nSPS) is 14.8. The molecule has 0 aromatic carbocycles. The van der Waals surface area contributed by atoms with Crippen molar-refractivity contribution >= 4 is 5.71 Å². The smallest absolute Gasteiger partial charge is 0.0370 e. The third-order valence-electron chi connectivity index (χ3n) is 2.21. The van der Waals surface area contributed by atoms with E-state index in [4.69, 9.17) is 0 Å². The summed E-state index contributed by atoms with van der Waals surface area (Å²) in [5.74, 6) is 0. The highest BCUT2D eigenvalue weighted by atomic mass is 14.7. The fourth-order valence-corrected chi connectivity index (χ4v) is 1.10. The van der Waals surface area contributed by atoms with Gasteiger partial charge in [-0.2, -0.15) is 0 Å². The van der Waals surface area contributed by atoms with E-state index in [0.717, 1.165) is 12.8 Å². The molecule has 64 valence electrons. The van der Waals surface area contributed by atoms with E-state index in [1.165, 1.54) is 16.9 Å². The van der Waals surface area contributed by atoms with Gasteiger partial charge in [0.05, 0.1) is 0 Å². The molecule has 0 aliphatic rings. The zero-order chi connectivity index (χ0) is 8.85. The number of nitrogens with zero attached hydrogens (tertiary/aromatic N) is 1. The zero-order valence-electron chi connectivity index (χ0n) is 8.36. The third kappa shape index (κ3) is 2.87. The van der Waals surface area contributed by atoms with Crippen LogP contribution in [0, 0.1) is 0 Å². The Bertz CT molecular complexity index is 175. The van der Waals surface area contributed by atoms with Crippen molar-refractivity contribution in [2.75, 3.05) is 7.05 Å². The Labute approximate surface area is 70.2 Å². The summed E-state index contributed by atoms with van der Waals surface area (Å²) in [5, 5.41) is 0. The number of hydrogen-bond acceptors (Lipinski definition) is 1. The summed E-state index contributed by atoms with van der Waals surface area (Å²) in [6.07, 6.45) is 2.17. The minimum atomic E-state index is 1.04. The largest absolute Gasteiger partial charge is 0.293 e. The predicted molar refractivity (Wildman–Crippen MR) is 52.3 cm³/mol. The van der Waals surface area contributed by atoms with Crippen LogP contribution in [-0.2, 0) is 0 Å². The maximum Gasteiger partial charge on any atom is 0.0370 e. The van der Waals surface area contributed by atoms with Crippen LogP contribution in [0.5, 0.6) is 0 Å². The molecule has 0 saturated carbocycles. The van der Waals surface area contributed by atoms with Crippen molar-refractivity contribution in [3.63, 3.8) is 0 Å². The Morgan fingerprint density at radius 2 is 1.64 bits per heavy atom. The maximum absolute atomic E-state index is 4.23. The van der Waals surface area contributed by atoms with Gasteiger partial charge >= 0.3 is 0 Å². The molecular weight excluding hydrogens is 134 g/mol. The fraction of sp³-hybridized carbons (Fsp3) is 0.700. The van der Waals surface area contributed by atoms with Crippen molar-refractivity contribution in [3.8, 4) is 0 Å². The van der Waals surface area contributed by atoms with Crippen molar-refractivity contribution < 1.29 is 0 Å². The topological polar surface area (TPSA) is 12.4 Å². The summed E-state index contributed by atoms with van der Waals surface area (Å²) in [6.45, 7) is 8.66. The summed E-state index contributed by atoms with van der Waals surface area (Å²) >= 11 is 0. The van der Waals surface area contributed by atoms with Crippen molar-refractivity contribution in [1.29, 1.82) is 0 Å². The molecule has 0 rings (SSSR count). The lowest BCUT2D eigenvalue weighted by Gasteiger charge is -2.06. The first kappa shape index (κ1) is 10.4. The SMILES string of the molecule is CCC(=NC)/C(C)=C(\C)CC. The van der Waals surface area contributed by atoms with Gasteiger partial charge in [-0.05, 0) is 32.3 Å². The molecule has 0 radical (unpaired) electrons. The molecule has 1 nitrogen and oxygen atoms in total. The minimum absolute atomic E-state index is 1.04. The van der Waals surface area contributed by atoms with Crippen LogP contribution in [0.15, 0.2) is 16.1 Å². The van der Waals surface area contributed by atoms with Gasteiger partial charge in [0.25, 0.3) is 0 Å². The molecule has 1 heteroatoms. The lowest BCUT2D eigenvalue weighted by atomic mass is 10.0. The molecule has 0 aliphatic heterocycles. The lowest BCUT2D eigenvalue weighted by Crippen LogP contribution is -2.00. The van der Waals surface area contributed by atoms with Gasteiger partial charge in [0.15, 0.2) is 0 Å². The molecule has 0 N–H and O–H groups in total. The lowest BCUT2D eigenvalue weighted by molar-refractivity contribution is 1.07. The zero-order valence-corrected chi connectivity index (χ0v) is 8.36. The van der Waals surface area contributed by atoms with E-state index >= 15 is 0 Å². The highest BCUT2D eigenvalue weighted by Gasteiger charge is 2.00. The van der Waals surface area contributed by atoms with Gasteiger partial charge in [-0.25, -0.2) is 0 Å². The summed E-state index contributed by atoms with van der Waals surface area (Å²) in [5.41, 5.74) is 4.06. The van der Waals surface area contributed by atoms with Crippen LogP contribution in [0.3, 0.4) is 0 Å². The average molecular weight is 153 g/mol. The second-order valence-electron chi connectivity index (χ2n) is 2.78. The van der Waals surface area contributed by atoms with Gasteiger partial charge in [0.1, 0.15) is 0 Å². The van der Waals surface area contributed by atoms with Crippen molar-refractivity contribution in [2.45, 2.75) is 40.5 Å². The summed E-state index contributed by atoms with van der Waals surface area (Å²) in [6, 6.07) is 0. The first-order valence-electron chi connectivity index (χ1n) is 4.29.